The molecule has 1 saturated heterocycles. The summed E-state index contributed by atoms with van der Waals surface area (Å²) in [4.78, 5) is 26.1. The number of benzene rings is 1. The zero-order valence-electron chi connectivity index (χ0n) is 12.9. The van der Waals surface area contributed by atoms with Gasteiger partial charge in [-0.3, -0.25) is 9.59 Å². The van der Waals surface area contributed by atoms with Gasteiger partial charge in [0.1, 0.15) is 0 Å². The van der Waals surface area contributed by atoms with E-state index in [1.165, 1.54) is 0 Å². The van der Waals surface area contributed by atoms with Gasteiger partial charge in [-0.1, -0.05) is 36.6 Å². The normalized spacial score (nSPS) is 25.5. The Balaban J connectivity index is 1.68. The Morgan fingerprint density at radius 1 is 1.30 bits per heavy atom. The van der Waals surface area contributed by atoms with Gasteiger partial charge in [-0.25, -0.2) is 0 Å². The van der Waals surface area contributed by atoms with Crippen molar-refractivity contribution in [2.75, 3.05) is 6.54 Å². The van der Waals surface area contributed by atoms with Crippen LogP contribution in [-0.4, -0.2) is 40.4 Å². The lowest BCUT2D eigenvalue weighted by atomic mass is 9.87. The van der Waals surface area contributed by atoms with Gasteiger partial charge in [0.15, 0.2) is 0 Å². The highest BCUT2D eigenvalue weighted by Gasteiger charge is 2.39. The average molecular weight is 337 g/mol. The van der Waals surface area contributed by atoms with Gasteiger partial charge in [0.25, 0.3) is 0 Å². The maximum atomic E-state index is 12.6. The Morgan fingerprint density at radius 2 is 2.00 bits per heavy atom. The zero-order chi connectivity index (χ0) is 16.4. The van der Waals surface area contributed by atoms with E-state index in [9.17, 15) is 14.7 Å². The van der Waals surface area contributed by atoms with Gasteiger partial charge < -0.3 is 15.3 Å². The molecule has 2 aliphatic rings. The highest BCUT2D eigenvalue weighted by molar-refractivity contribution is 6.30. The number of nitrogens with one attached hydrogen (secondary N) is 1. The molecular weight excluding hydrogens is 316 g/mol. The molecular formula is C17H21ClN2O3. The van der Waals surface area contributed by atoms with Crippen LogP contribution in [0.4, 0.5) is 0 Å². The number of fused-ring (bicyclic) bond motifs is 1. The first-order valence-corrected chi connectivity index (χ1v) is 8.45. The average Bonchev–Trinajstić information content (AvgIpc) is 2.54. The van der Waals surface area contributed by atoms with Crippen LogP contribution in [0.15, 0.2) is 24.3 Å². The lowest BCUT2D eigenvalue weighted by molar-refractivity contribution is -0.145. The molecule has 6 heteroatoms. The highest BCUT2D eigenvalue weighted by Crippen LogP contribution is 2.28. The van der Waals surface area contributed by atoms with Gasteiger partial charge in [-0.2, -0.15) is 0 Å². The van der Waals surface area contributed by atoms with E-state index < -0.39 is 6.10 Å². The van der Waals surface area contributed by atoms with Crippen LogP contribution in [0, 0.1) is 0 Å². The molecule has 1 aromatic rings. The summed E-state index contributed by atoms with van der Waals surface area (Å²) in [7, 11) is 0. The van der Waals surface area contributed by atoms with E-state index in [4.69, 9.17) is 11.6 Å². The SMILES string of the molecule is O=C1CN(C(=O)CC(O)c2ccc(Cl)cc2)C2CCCCC2N1. The second-order valence-corrected chi connectivity index (χ2v) is 6.76. The number of carbonyl (C=O) groups is 2. The molecule has 1 aliphatic carbocycles. The Bertz CT molecular complexity index is 590. The molecule has 2 N–H and O–H groups in total. The molecule has 0 bridgehead atoms. The van der Waals surface area contributed by atoms with Crippen molar-refractivity contribution >= 4 is 23.4 Å². The van der Waals surface area contributed by atoms with Crippen LogP contribution in [-0.2, 0) is 9.59 Å². The van der Waals surface area contributed by atoms with Gasteiger partial charge in [0.05, 0.1) is 25.1 Å². The third-order valence-electron chi connectivity index (χ3n) is 4.73. The molecule has 1 saturated carbocycles. The monoisotopic (exact) mass is 336 g/mol. The second kappa shape index (κ2) is 6.89. The number of nitrogens with zero attached hydrogens (tertiary/aromatic N) is 1. The number of hydrogen-bond acceptors (Lipinski definition) is 3. The first kappa shape index (κ1) is 16.3. The summed E-state index contributed by atoms with van der Waals surface area (Å²) in [5.41, 5.74) is 0.657. The van der Waals surface area contributed by atoms with Crippen molar-refractivity contribution in [3.8, 4) is 0 Å². The minimum atomic E-state index is -0.883. The number of aliphatic hydroxyl groups excluding tert-OH is 1. The fourth-order valence-electron chi connectivity index (χ4n) is 3.54. The molecule has 2 amide bonds. The predicted molar refractivity (Wildman–Crippen MR) is 86.9 cm³/mol. The fourth-order valence-corrected chi connectivity index (χ4v) is 3.66. The lowest BCUT2D eigenvalue weighted by Crippen LogP contribution is -2.63. The Kier molecular flexibility index (Phi) is 4.87. The lowest BCUT2D eigenvalue weighted by Gasteiger charge is -2.44. The maximum absolute atomic E-state index is 12.6. The van der Waals surface area contributed by atoms with Crippen LogP contribution < -0.4 is 5.32 Å². The summed E-state index contributed by atoms with van der Waals surface area (Å²) in [5.74, 6) is -0.276. The molecule has 0 radical (unpaired) electrons. The molecule has 1 heterocycles. The molecule has 3 atom stereocenters. The van der Waals surface area contributed by atoms with E-state index in [0.717, 1.165) is 25.7 Å². The predicted octanol–water partition coefficient (Wildman–Crippen LogP) is 2.03. The van der Waals surface area contributed by atoms with Crippen molar-refractivity contribution in [3.63, 3.8) is 0 Å². The number of rotatable bonds is 3. The van der Waals surface area contributed by atoms with E-state index in [-0.39, 0.29) is 36.9 Å². The number of carbonyl (C=O) groups excluding carboxylic acids is 2. The van der Waals surface area contributed by atoms with E-state index in [1.807, 2.05) is 0 Å². The van der Waals surface area contributed by atoms with E-state index in [1.54, 1.807) is 29.2 Å². The third-order valence-corrected chi connectivity index (χ3v) is 4.99. The van der Waals surface area contributed by atoms with Crippen LogP contribution >= 0.6 is 11.6 Å². The topological polar surface area (TPSA) is 69.6 Å². The zero-order valence-corrected chi connectivity index (χ0v) is 13.6. The Hall–Kier alpha value is -1.59. The van der Waals surface area contributed by atoms with E-state index in [2.05, 4.69) is 5.32 Å². The molecule has 0 spiro atoms. The van der Waals surface area contributed by atoms with Crippen molar-refractivity contribution in [2.45, 2.75) is 50.3 Å². The Morgan fingerprint density at radius 3 is 2.74 bits per heavy atom. The molecule has 3 unspecified atom stereocenters. The van der Waals surface area contributed by atoms with Crippen LogP contribution in [0.3, 0.4) is 0 Å². The third kappa shape index (κ3) is 3.67. The number of halogens is 1. The van der Waals surface area contributed by atoms with Crippen LogP contribution in [0.2, 0.25) is 5.02 Å². The summed E-state index contributed by atoms with van der Waals surface area (Å²) in [6.07, 6.45) is 3.08. The van der Waals surface area contributed by atoms with Crippen molar-refractivity contribution < 1.29 is 14.7 Å². The van der Waals surface area contributed by atoms with Crippen molar-refractivity contribution in [2.24, 2.45) is 0 Å². The molecule has 2 fully saturated rings. The minimum absolute atomic E-state index is 0.0157. The largest absolute Gasteiger partial charge is 0.388 e. The van der Waals surface area contributed by atoms with Gasteiger partial charge in [0.2, 0.25) is 11.8 Å². The van der Waals surface area contributed by atoms with Gasteiger partial charge >= 0.3 is 0 Å². The van der Waals surface area contributed by atoms with E-state index >= 15 is 0 Å². The highest BCUT2D eigenvalue weighted by atomic mass is 35.5. The first-order chi connectivity index (χ1) is 11.0. The first-order valence-electron chi connectivity index (χ1n) is 8.07. The van der Waals surface area contributed by atoms with Crippen molar-refractivity contribution in [1.82, 2.24) is 10.2 Å². The van der Waals surface area contributed by atoms with E-state index in [0.29, 0.717) is 10.6 Å². The molecule has 1 aromatic carbocycles. The quantitative estimate of drug-likeness (QED) is 0.887. The molecule has 5 nitrogen and oxygen atoms in total. The number of amides is 2. The molecule has 124 valence electrons. The smallest absolute Gasteiger partial charge is 0.239 e. The van der Waals surface area contributed by atoms with Gasteiger partial charge in [-0.05, 0) is 30.5 Å². The van der Waals surface area contributed by atoms with Crippen LogP contribution in [0.25, 0.3) is 0 Å². The summed E-state index contributed by atoms with van der Waals surface area (Å²) in [5, 5.41) is 13.9. The van der Waals surface area contributed by atoms with Gasteiger partial charge in [0, 0.05) is 11.1 Å². The summed E-state index contributed by atoms with van der Waals surface area (Å²) in [6, 6.07) is 6.93. The number of aliphatic hydroxyl groups is 1. The second-order valence-electron chi connectivity index (χ2n) is 6.32. The molecule has 0 aromatic heterocycles. The van der Waals surface area contributed by atoms with Crippen molar-refractivity contribution in [3.05, 3.63) is 34.9 Å². The van der Waals surface area contributed by atoms with Crippen molar-refractivity contribution in [1.29, 1.82) is 0 Å². The Labute approximate surface area is 140 Å². The molecule has 23 heavy (non-hydrogen) atoms. The van der Waals surface area contributed by atoms with Crippen LogP contribution in [0.5, 0.6) is 0 Å². The molecule has 1 aliphatic heterocycles. The fraction of sp³-hybridized carbons (Fsp3) is 0.529. The maximum Gasteiger partial charge on any atom is 0.239 e. The number of hydrogen-bond donors (Lipinski definition) is 2. The molecule has 3 rings (SSSR count). The number of piperazine rings is 1. The summed E-state index contributed by atoms with van der Waals surface area (Å²) < 4.78 is 0. The van der Waals surface area contributed by atoms with Gasteiger partial charge in [-0.15, -0.1) is 0 Å². The standard InChI is InChI=1S/C17H21ClN2O3/c18-12-7-5-11(6-8-12)15(21)9-17(23)20-10-16(22)19-13-3-1-2-4-14(13)20/h5-8,13-15,21H,1-4,9-10H2,(H,19,22). The summed E-state index contributed by atoms with van der Waals surface area (Å²) in [6.45, 7) is 0.0906. The summed E-state index contributed by atoms with van der Waals surface area (Å²) >= 11 is 5.83. The minimum Gasteiger partial charge on any atom is -0.388 e. The van der Waals surface area contributed by atoms with Crippen LogP contribution in [0.1, 0.15) is 43.8 Å².